The highest BCUT2D eigenvalue weighted by Crippen LogP contribution is 2.35. The largest absolute Gasteiger partial charge is 0.319 e. The quantitative estimate of drug-likeness (QED) is 0.892. The molecule has 19 heavy (non-hydrogen) atoms. The summed E-state index contributed by atoms with van der Waals surface area (Å²) in [5, 5.41) is 3.40. The summed E-state index contributed by atoms with van der Waals surface area (Å²) in [6.07, 6.45) is 4.03. The van der Waals surface area contributed by atoms with Gasteiger partial charge in [0.05, 0.1) is 0 Å². The lowest BCUT2D eigenvalue weighted by atomic mass is 9.88. The van der Waals surface area contributed by atoms with Crippen LogP contribution in [0.4, 0.5) is 0 Å². The van der Waals surface area contributed by atoms with Gasteiger partial charge in [0.2, 0.25) is 0 Å². The highest BCUT2D eigenvalue weighted by molar-refractivity contribution is 5.20. The number of rotatable bonds is 4. The van der Waals surface area contributed by atoms with Crippen molar-refractivity contribution >= 4 is 0 Å². The summed E-state index contributed by atoms with van der Waals surface area (Å²) in [7, 11) is 2.08. The van der Waals surface area contributed by atoms with Crippen LogP contribution in [0.2, 0.25) is 0 Å². The van der Waals surface area contributed by atoms with Gasteiger partial charge in [-0.3, -0.25) is 4.90 Å². The second-order valence-corrected chi connectivity index (χ2v) is 6.00. The maximum atomic E-state index is 3.40. The Morgan fingerprint density at radius 3 is 2.58 bits per heavy atom. The Morgan fingerprint density at radius 1 is 1.21 bits per heavy atom. The van der Waals surface area contributed by atoms with Crippen molar-refractivity contribution in [3.05, 3.63) is 35.9 Å². The van der Waals surface area contributed by atoms with Gasteiger partial charge in [0.1, 0.15) is 0 Å². The molecule has 1 aromatic carbocycles. The lowest BCUT2D eigenvalue weighted by molar-refractivity contribution is 0.118. The molecule has 0 saturated carbocycles. The Labute approximate surface area is 118 Å². The van der Waals surface area contributed by atoms with Gasteiger partial charge in [-0.1, -0.05) is 36.8 Å². The van der Waals surface area contributed by atoms with Crippen molar-refractivity contribution < 1.29 is 0 Å². The summed E-state index contributed by atoms with van der Waals surface area (Å²) in [6.45, 7) is 7.01. The molecule has 2 heteroatoms. The van der Waals surface area contributed by atoms with Crippen LogP contribution in [0.15, 0.2) is 30.3 Å². The summed E-state index contributed by atoms with van der Waals surface area (Å²) < 4.78 is 0. The molecule has 0 spiro atoms. The van der Waals surface area contributed by atoms with Crippen LogP contribution in [-0.4, -0.2) is 31.1 Å². The molecule has 2 nitrogen and oxygen atoms in total. The van der Waals surface area contributed by atoms with E-state index in [0.29, 0.717) is 12.1 Å². The first-order chi connectivity index (χ1) is 9.24. The predicted octanol–water partition coefficient (Wildman–Crippen LogP) is 3.46. The number of hydrogen-bond donors (Lipinski definition) is 1. The first-order valence-electron chi connectivity index (χ1n) is 7.69. The highest BCUT2D eigenvalue weighted by Gasteiger charge is 2.31. The Morgan fingerprint density at radius 2 is 1.95 bits per heavy atom. The van der Waals surface area contributed by atoms with Crippen LogP contribution in [-0.2, 0) is 0 Å². The molecule has 1 N–H and O–H groups in total. The van der Waals surface area contributed by atoms with Gasteiger partial charge >= 0.3 is 0 Å². The van der Waals surface area contributed by atoms with Gasteiger partial charge in [-0.25, -0.2) is 0 Å². The van der Waals surface area contributed by atoms with Crippen molar-refractivity contribution in [1.29, 1.82) is 0 Å². The topological polar surface area (TPSA) is 15.3 Å². The third-order valence-corrected chi connectivity index (χ3v) is 4.32. The monoisotopic (exact) mass is 260 g/mol. The third kappa shape index (κ3) is 3.58. The van der Waals surface area contributed by atoms with E-state index in [0.717, 1.165) is 12.5 Å². The average Bonchev–Trinajstić information content (AvgIpc) is 2.63. The highest BCUT2D eigenvalue weighted by atomic mass is 15.2. The van der Waals surface area contributed by atoms with Crippen molar-refractivity contribution in [3.8, 4) is 0 Å². The average molecular weight is 260 g/mol. The number of benzene rings is 1. The molecule has 0 radical (unpaired) electrons. The molecule has 106 valence electrons. The second kappa shape index (κ2) is 7.06. The number of nitrogens with zero attached hydrogens (tertiary/aromatic N) is 1. The van der Waals surface area contributed by atoms with E-state index in [2.05, 4.69) is 61.4 Å². The molecule has 2 unspecified atom stereocenters. The summed E-state index contributed by atoms with van der Waals surface area (Å²) in [6, 6.07) is 12.2. The van der Waals surface area contributed by atoms with E-state index in [1.807, 2.05) is 0 Å². The molecule has 1 saturated heterocycles. The minimum Gasteiger partial charge on any atom is -0.319 e. The van der Waals surface area contributed by atoms with E-state index in [9.17, 15) is 0 Å². The Balaban J connectivity index is 2.31. The van der Waals surface area contributed by atoms with Crippen LogP contribution >= 0.6 is 0 Å². The molecule has 0 aromatic heterocycles. The van der Waals surface area contributed by atoms with Crippen molar-refractivity contribution in [1.82, 2.24) is 10.2 Å². The van der Waals surface area contributed by atoms with E-state index < -0.39 is 0 Å². The van der Waals surface area contributed by atoms with Crippen LogP contribution in [0, 0.1) is 5.92 Å². The third-order valence-electron chi connectivity index (χ3n) is 4.32. The van der Waals surface area contributed by atoms with Gasteiger partial charge in [0.15, 0.2) is 0 Å². The molecule has 1 aromatic rings. The van der Waals surface area contributed by atoms with E-state index in [1.54, 1.807) is 0 Å². The van der Waals surface area contributed by atoms with Crippen molar-refractivity contribution in [2.24, 2.45) is 5.92 Å². The van der Waals surface area contributed by atoms with Crippen LogP contribution in [0.5, 0.6) is 0 Å². The molecule has 0 bridgehead atoms. The number of likely N-dealkylation sites (tertiary alicyclic amines) is 1. The van der Waals surface area contributed by atoms with Gasteiger partial charge in [-0.15, -0.1) is 0 Å². The zero-order chi connectivity index (χ0) is 13.7. The van der Waals surface area contributed by atoms with Gasteiger partial charge in [-0.2, -0.15) is 0 Å². The Kier molecular flexibility index (Phi) is 5.41. The first kappa shape index (κ1) is 14.5. The Hall–Kier alpha value is -0.860. The van der Waals surface area contributed by atoms with Crippen molar-refractivity contribution in [3.63, 3.8) is 0 Å². The summed E-state index contributed by atoms with van der Waals surface area (Å²) in [4.78, 5) is 2.70. The standard InChI is InChI=1S/C17H28N2/c1-14(2)19-12-8-7-11-16(13-18-3)17(19)15-9-5-4-6-10-15/h4-6,9-10,14,16-18H,7-8,11-13H2,1-3H3. The molecule has 0 amide bonds. The number of nitrogens with one attached hydrogen (secondary N) is 1. The van der Waals surface area contributed by atoms with Gasteiger partial charge in [0, 0.05) is 12.1 Å². The zero-order valence-corrected chi connectivity index (χ0v) is 12.6. The fraction of sp³-hybridized carbons (Fsp3) is 0.647. The molecule has 1 aliphatic heterocycles. The maximum Gasteiger partial charge on any atom is 0.0391 e. The second-order valence-electron chi connectivity index (χ2n) is 6.00. The molecule has 1 heterocycles. The van der Waals surface area contributed by atoms with Gasteiger partial charge in [-0.05, 0) is 58.3 Å². The van der Waals surface area contributed by atoms with E-state index in [4.69, 9.17) is 0 Å². The van der Waals surface area contributed by atoms with E-state index >= 15 is 0 Å². The maximum absolute atomic E-state index is 3.40. The first-order valence-corrected chi connectivity index (χ1v) is 7.69. The normalized spacial score (nSPS) is 25.5. The SMILES string of the molecule is CNCC1CCCCN(C(C)C)C1c1ccccc1. The molecule has 0 aliphatic carbocycles. The van der Waals surface area contributed by atoms with Crippen LogP contribution in [0.25, 0.3) is 0 Å². The fourth-order valence-corrected chi connectivity index (χ4v) is 3.44. The predicted molar refractivity (Wildman–Crippen MR) is 82.3 cm³/mol. The molecule has 2 atom stereocenters. The summed E-state index contributed by atoms with van der Waals surface area (Å²) in [5.74, 6) is 0.720. The molecular weight excluding hydrogens is 232 g/mol. The van der Waals surface area contributed by atoms with Crippen LogP contribution < -0.4 is 5.32 Å². The minimum atomic E-state index is 0.566. The van der Waals surface area contributed by atoms with E-state index in [1.165, 1.54) is 31.4 Å². The van der Waals surface area contributed by atoms with Crippen molar-refractivity contribution in [2.45, 2.75) is 45.2 Å². The molecule has 1 aliphatic rings. The molecular formula is C17H28N2. The van der Waals surface area contributed by atoms with Gasteiger partial charge < -0.3 is 5.32 Å². The minimum absolute atomic E-state index is 0.566. The zero-order valence-electron chi connectivity index (χ0n) is 12.6. The lowest BCUT2D eigenvalue weighted by Crippen LogP contribution is -2.40. The summed E-state index contributed by atoms with van der Waals surface area (Å²) in [5.41, 5.74) is 1.48. The van der Waals surface area contributed by atoms with Crippen LogP contribution in [0.3, 0.4) is 0 Å². The number of hydrogen-bond acceptors (Lipinski definition) is 2. The fourth-order valence-electron chi connectivity index (χ4n) is 3.44. The molecule has 1 fully saturated rings. The van der Waals surface area contributed by atoms with Gasteiger partial charge in [0.25, 0.3) is 0 Å². The molecule has 2 rings (SSSR count). The van der Waals surface area contributed by atoms with Crippen molar-refractivity contribution in [2.75, 3.05) is 20.1 Å². The smallest absolute Gasteiger partial charge is 0.0391 e. The van der Waals surface area contributed by atoms with E-state index in [-0.39, 0.29) is 0 Å². The lowest BCUT2D eigenvalue weighted by Gasteiger charge is -2.38. The summed E-state index contributed by atoms with van der Waals surface area (Å²) >= 11 is 0. The Bertz CT molecular complexity index is 361. The van der Waals surface area contributed by atoms with Crippen LogP contribution in [0.1, 0.15) is 44.7 Å².